The summed E-state index contributed by atoms with van der Waals surface area (Å²) >= 11 is 1.38. The van der Waals surface area contributed by atoms with Gasteiger partial charge in [0.2, 0.25) is 0 Å². The highest BCUT2D eigenvalue weighted by atomic mass is 32.1. The predicted octanol–water partition coefficient (Wildman–Crippen LogP) is 2.48. The summed E-state index contributed by atoms with van der Waals surface area (Å²) in [6.45, 7) is 3.15. The third-order valence-electron chi connectivity index (χ3n) is 4.21. The third kappa shape index (κ3) is 1.68. The molecule has 0 amide bonds. The number of nitrogen functional groups attached to an aromatic ring is 1. The van der Waals surface area contributed by atoms with E-state index >= 15 is 0 Å². The Kier molecular flexibility index (Phi) is 2.44. The number of nitrogens with zero attached hydrogens (tertiary/aromatic N) is 1. The maximum absolute atomic E-state index is 10.7. The minimum Gasteiger partial charge on any atom is -0.486 e. The first-order valence-corrected chi connectivity index (χ1v) is 7.57. The van der Waals surface area contributed by atoms with E-state index in [1.165, 1.54) is 11.3 Å². The van der Waals surface area contributed by atoms with Crippen LogP contribution in [0.5, 0.6) is 11.5 Å². The first-order valence-electron chi connectivity index (χ1n) is 6.75. The summed E-state index contributed by atoms with van der Waals surface area (Å²) in [6.07, 6.45) is 1.52. The zero-order chi connectivity index (χ0) is 13.9. The van der Waals surface area contributed by atoms with E-state index in [1.54, 1.807) is 0 Å². The molecule has 0 bridgehead atoms. The van der Waals surface area contributed by atoms with E-state index < -0.39 is 6.10 Å². The van der Waals surface area contributed by atoms with Crippen molar-refractivity contribution in [1.29, 1.82) is 0 Å². The summed E-state index contributed by atoms with van der Waals surface area (Å²) in [4.78, 5) is 4.38. The topological polar surface area (TPSA) is 77.6 Å². The summed E-state index contributed by atoms with van der Waals surface area (Å²) in [7, 11) is 0. The van der Waals surface area contributed by atoms with E-state index in [9.17, 15) is 5.11 Å². The van der Waals surface area contributed by atoms with E-state index in [2.05, 4.69) is 11.9 Å². The zero-order valence-corrected chi connectivity index (χ0v) is 12.0. The van der Waals surface area contributed by atoms with Gasteiger partial charge in [0.25, 0.3) is 0 Å². The second-order valence-electron chi connectivity index (χ2n) is 5.78. The molecule has 4 rings (SSSR count). The average molecular weight is 292 g/mol. The number of aliphatic hydroxyl groups excluding tert-OH is 1. The molecule has 1 saturated carbocycles. The maximum Gasteiger partial charge on any atom is 0.181 e. The molecule has 1 atom stereocenters. The summed E-state index contributed by atoms with van der Waals surface area (Å²) in [5.74, 6) is 1.39. The Hall–Kier alpha value is -1.53. The Morgan fingerprint density at radius 2 is 2.15 bits per heavy atom. The highest BCUT2D eigenvalue weighted by molar-refractivity contribution is 7.22. The summed E-state index contributed by atoms with van der Waals surface area (Å²) in [6, 6.07) is 1.87. The second-order valence-corrected chi connectivity index (χ2v) is 6.81. The van der Waals surface area contributed by atoms with Gasteiger partial charge in [0.1, 0.15) is 17.9 Å². The van der Waals surface area contributed by atoms with Crippen LogP contribution in [0.3, 0.4) is 0 Å². The number of anilines is 1. The molecule has 1 aromatic carbocycles. The zero-order valence-electron chi connectivity index (χ0n) is 11.2. The highest BCUT2D eigenvalue weighted by Crippen LogP contribution is 2.56. The van der Waals surface area contributed by atoms with Gasteiger partial charge in [-0.25, -0.2) is 4.98 Å². The number of nitrogens with two attached hydrogens (primary N) is 1. The molecule has 2 aromatic rings. The number of aromatic nitrogens is 1. The fourth-order valence-electron chi connectivity index (χ4n) is 2.67. The van der Waals surface area contributed by atoms with Crippen molar-refractivity contribution in [2.75, 3.05) is 18.9 Å². The smallest absolute Gasteiger partial charge is 0.181 e. The lowest BCUT2D eigenvalue weighted by Crippen LogP contribution is -2.17. The number of benzene rings is 1. The molecule has 2 aliphatic rings. The second kappa shape index (κ2) is 3.99. The number of fused-ring (bicyclic) bond motifs is 3. The Morgan fingerprint density at radius 3 is 2.90 bits per heavy atom. The molecule has 1 aliphatic heterocycles. The number of hydrogen-bond acceptors (Lipinski definition) is 6. The van der Waals surface area contributed by atoms with Crippen molar-refractivity contribution in [3.63, 3.8) is 0 Å². The van der Waals surface area contributed by atoms with Gasteiger partial charge in [-0.05, 0) is 24.3 Å². The Bertz CT molecular complexity index is 693. The van der Waals surface area contributed by atoms with Crippen LogP contribution in [0.2, 0.25) is 0 Å². The van der Waals surface area contributed by atoms with Gasteiger partial charge in [-0.1, -0.05) is 18.3 Å². The lowest BCUT2D eigenvalue weighted by molar-refractivity contribution is 0.104. The van der Waals surface area contributed by atoms with Gasteiger partial charge in [-0.15, -0.1) is 0 Å². The summed E-state index contributed by atoms with van der Waals surface area (Å²) < 4.78 is 12.2. The molecule has 6 heteroatoms. The van der Waals surface area contributed by atoms with Gasteiger partial charge >= 0.3 is 0 Å². The summed E-state index contributed by atoms with van der Waals surface area (Å²) in [5.41, 5.74) is 7.35. The van der Waals surface area contributed by atoms with Crippen molar-refractivity contribution in [3.8, 4) is 11.5 Å². The number of aliphatic hydroxyl groups is 1. The molecule has 20 heavy (non-hydrogen) atoms. The molecule has 0 saturated heterocycles. The molecule has 3 N–H and O–H groups in total. The molecule has 0 spiro atoms. The standard InChI is InChI=1S/C14H16N2O3S/c1-14(2-3-14)12(17)7-6-8-10(19-5-4-18-8)11-9(7)16-13(15)20-11/h6,12,17H,2-5H2,1H3,(H2,15,16). The van der Waals surface area contributed by atoms with Gasteiger partial charge in [0.15, 0.2) is 16.6 Å². The van der Waals surface area contributed by atoms with Crippen molar-refractivity contribution < 1.29 is 14.6 Å². The Balaban J connectivity index is 1.96. The largest absolute Gasteiger partial charge is 0.486 e. The monoisotopic (exact) mass is 292 g/mol. The highest BCUT2D eigenvalue weighted by Gasteiger charge is 2.46. The SMILES string of the molecule is CC1(C(O)c2cc3c(c4sc(N)nc24)OCCO3)CC1. The van der Waals surface area contributed by atoms with Gasteiger partial charge in [-0.2, -0.15) is 0 Å². The lowest BCUT2D eigenvalue weighted by atomic mass is 9.93. The van der Waals surface area contributed by atoms with Crippen molar-refractivity contribution in [3.05, 3.63) is 11.6 Å². The summed E-state index contributed by atoms with van der Waals surface area (Å²) in [5, 5.41) is 11.1. The third-order valence-corrected chi connectivity index (χ3v) is 5.10. The van der Waals surface area contributed by atoms with E-state index in [0.29, 0.717) is 29.8 Å². The van der Waals surface area contributed by atoms with Gasteiger partial charge in [0.05, 0.1) is 11.6 Å². The van der Waals surface area contributed by atoms with Gasteiger partial charge in [-0.3, -0.25) is 0 Å². The molecular weight excluding hydrogens is 276 g/mol. The molecule has 1 aromatic heterocycles. The minimum absolute atomic E-state index is 0.0466. The molecule has 1 fully saturated rings. The van der Waals surface area contributed by atoms with E-state index in [0.717, 1.165) is 28.6 Å². The lowest BCUT2D eigenvalue weighted by Gasteiger charge is -2.23. The first kappa shape index (κ1) is 12.2. The van der Waals surface area contributed by atoms with Crippen LogP contribution in [0.25, 0.3) is 10.2 Å². The van der Waals surface area contributed by atoms with E-state index in [-0.39, 0.29) is 5.41 Å². The van der Waals surface area contributed by atoms with Crippen molar-refractivity contribution in [2.24, 2.45) is 5.41 Å². The van der Waals surface area contributed by atoms with Crippen LogP contribution in [0, 0.1) is 5.41 Å². The maximum atomic E-state index is 10.7. The molecule has 1 unspecified atom stereocenters. The molecule has 2 heterocycles. The van der Waals surface area contributed by atoms with Crippen LogP contribution in [0.1, 0.15) is 31.4 Å². The number of rotatable bonds is 2. The molecule has 106 valence electrons. The Morgan fingerprint density at radius 1 is 1.40 bits per heavy atom. The minimum atomic E-state index is -0.540. The van der Waals surface area contributed by atoms with Crippen molar-refractivity contribution in [1.82, 2.24) is 4.98 Å². The van der Waals surface area contributed by atoms with Crippen LogP contribution in [-0.2, 0) is 0 Å². The molecule has 5 nitrogen and oxygen atoms in total. The van der Waals surface area contributed by atoms with Crippen LogP contribution in [-0.4, -0.2) is 23.3 Å². The normalized spacial score (nSPS) is 20.9. The quantitative estimate of drug-likeness (QED) is 0.889. The van der Waals surface area contributed by atoms with Crippen LogP contribution >= 0.6 is 11.3 Å². The van der Waals surface area contributed by atoms with Crippen LogP contribution in [0.4, 0.5) is 5.13 Å². The van der Waals surface area contributed by atoms with E-state index in [1.807, 2.05) is 6.07 Å². The van der Waals surface area contributed by atoms with Crippen molar-refractivity contribution in [2.45, 2.75) is 25.9 Å². The predicted molar refractivity (Wildman–Crippen MR) is 77.3 cm³/mol. The average Bonchev–Trinajstić information content (AvgIpc) is 3.07. The molecular formula is C14H16N2O3S. The van der Waals surface area contributed by atoms with E-state index in [4.69, 9.17) is 15.2 Å². The molecule has 1 aliphatic carbocycles. The van der Waals surface area contributed by atoms with Gasteiger partial charge in [0, 0.05) is 5.56 Å². The van der Waals surface area contributed by atoms with Crippen molar-refractivity contribution >= 4 is 26.7 Å². The fraction of sp³-hybridized carbons (Fsp3) is 0.500. The number of hydrogen-bond donors (Lipinski definition) is 2. The first-order chi connectivity index (χ1) is 9.58. The van der Waals surface area contributed by atoms with Crippen LogP contribution in [0.15, 0.2) is 6.07 Å². The van der Waals surface area contributed by atoms with Crippen LogP contribution < -0.4 is 15.2 Å². The number of thiazole rings is 1. The Labute approximate surface area is 120 Å². The van der Waals surface area contributed by atoms with Gasteiger partial charge < -0.3 is 20.3 Å². The molecule has 0 radical (unpaired) electrons. The number of ether oxygens (including phenoxy) is 2. The fourth-order valence-corrected chi connectivity index (χ4v) is 3.53.